The van der Waals surface area contributed by atoms with Crippen molar-refractivity contribution in [3.63, 3.8) is 0 Å². The van der Waals surface area contributed by atoms with Crippen LogP contribution in [-0.4, -0.2) is 43.2 Å². The minimum Gasteiger partial charge on any atom is -0.508 e. The molecule has 6 nitrogen and oxygen atoms in total. The number of para-hydroxylation sites is 1. The third-order valence-electron chi connectivity index (χ3n) is 4.63. The molecule has 1 aliphatic heterocycles. The summed E-state index contributed by atoms with van der Waals surface area (Å²) in [6.45, 7) is 1.42. The van der Waals surface area contributed by atoms with Crippen LogP contribution in [0.5, 0.6) is 5.75 Å². The topological polar surface area (TPSA) is 77.0 Å². The van der Waals surface area contributed by atoms with Gasteiger partial charge in [0.25, 0.3) is 0 Å². The average molecular weight is 366 g/mol. The second kappa shape index (κ2) is 9.07. The summed E-state index contributed by atoms with van der Waals surface area (Å²) in [7, 11) is 1.74. The van der Waals surface area contributed by atoms with Gasteiger partial charge in [0.05, 0.1) is 6.04 Å². The molecule has 3 N–H and O–H groups in total. The van der Waals surface area contributed by atoms with Crippen molar-refractivity contribution >= 4 is 17.6 Å². The predicted molar refractivity (Wildman–Crippen MR) is 108 cm³/mol. The Morgan fingerprint density at radius 1 is 1.19 bits per heavy atom. The van der Waals surface area contributed by atoms with Gasteiger partial charge in [0, 0.05) is 32.2 Å². The van der Waals surface area contributed by atoms with Gasteiger partial charge in [-0.15, -0.1) is 0 Å². The van der Waals surface area contributed by atoms with Crippen molar-refractivity contribution < 1.29 is 9.90 Å². The number of carbonyl (C=O) groups excluding carboxylic acids is 1. The van der Waals surface area contributed by atoms with Gasteiger partial charge >= 0.3 is 0 Å². The lowest BCUT2D eigenvalue weighted by atomic mass is 10.1. The number of rotatable bonds is 6. The van der Waals surface area contributed by atoms with Crippen LogP contribution in [0, 0.1) is 0 Å². The fourth-order valence-electron chi connectivity index (χ4n) is 3.21. The molecular weight excluding hydrogens is 340 g/mol. The van der Waals surface area contributed by atoms with E-state index < -0.39 is 0 Å². The Morgan fingerprint density at radius 2 is 1.93 bits per heavy atom. The number of guanidine groups is 1. The van der Waals surface area contributed by atoms with Crippen LogP contribution in [-0.2, 0) is 11.2 Å². The van der Waals surface area contributed by atoms with Crippen molar-refractivity contribution in [2.45, 2.75) is 25.3 Å². The Bertz CT molecular complexity index is 775. The van der Waals surface area contributed by atoms with Crippen LogP contribution in [0.1, 0.15) is 18.4 Å². The van der Waals surface area contributed by atoms with Crippen LogP contribution in [0.4, 0.5) is 5.69 Å². The molecule has 142 valence electrons. The number of anilines is 1. The van der Waals surface area contributed by atoms with Crippen LogP contribution in [0.25, 0.3) is 0 Å². The molecule has 0 aromatic heterocycles. The molecule has 1 atom stereocenters. The number of phenolic OH excluding ortho intramolecular Hbond substituents is 1. The Balaban J connectivity index is 1.44. The van der Waals surface area contributed by atoms with Gasteiger partial charge in [0.15, 0.2) is 5.96 Å². The molecule has 27 heavy (non-hydrogen) atoms. The summed E-state index contributed by atoms with van der Waals surface area (Å²) < 4.78 is 0. The van der Waals surface area contributed by atoms with E-state index in [0.717, 1.165) is 25.1 Å². The molecule has 0 spiro atoms. The molecule has 0 saturated carbocycles. The number of nitrogens with zero attached hydrogens (tertiary/aromatic N) is 2. The summed E-state index contributed by atoms with van der Waals surface area (Å²) in [6.07, 6.45) is 2.34. The average Bonchev–Trinajstić information content (AvgIpc) is 3.06. The number of phenols is 1. The van der Waals surface area contributed by atoms with Crippen LogP contribution >= 0.6 is 0 Å². The standard InChI is InChI=1S/C21H26N4O2/c1-22-21(23-13-5-6-16-9-11-19(26)12-10-16)24-17-14-20(27)25(15-17)18-7-3-2-4-8-18/h2-4,7-12,17,26H,5-6,13-15H2,1H3,(H2,22,23,24). The minimum absolute atomic E-state index is 0.0426. The number of benzene rings is 2. The summed E-state index contributed by atoms with van der Waals surface area (Å²) in [6, 6.07) is 17.1. The van der Waals surface area contributed by atoms with Crippen LogP contribution in [0.15, 0.2) is 59.6 Å². The van der Waals surface area contributed by atoms with E-state index in [-0.39, 0.29) is 17.7 Å². The maximum atomic E-state index is 12.3. The van der Waals surface area contributed by atoms with Crippen molar-refractivity contribution in [3.05, 3.63) is 60.2 Å². The number of carbonyl (C=O) groups is 1. The number of aromatic hydroxyl groups is 1. The van der Waals surface area contributed by atoms with E-state index in [1.54, 1.807) is 19.2 Å². The molecule has 1 saturated heterocycles. The van der Waals surface area contributed by atoms with Gasteiger partial charge in [-0.05, 0) is 42.7 Å². The first-order valence-corrected chi connectivity index (χ1v) is 9.26. The van der Waals surface area contributed by atoms with Crippen LogP contribution in [0.3, 0.4) is 0 Å². The van der Waals surface area contributed by atoms with Crippen molar-refractivity contribution in [2.24, 2.45) is 4.99 Å². The largest absolute Gasteiger partial charge is 0.508 e. The van der Waals surface area contributed by atoms with E-state index in [1.165, 1.54) is 5.56 Å². The van der Waals surface area contributed by atoms with Gasteiger partial charge in [0.2, 0.25) is 5.91 Å². The second-order valence-corrected chi connectivity index (χ2v) is 6.65. The Hall–Kier alpha value is -3.02. The molecule has 0 bridgehead atoms. The lowest BCUT2D eigenvalue weighted by Gasteiger charge is -2.19. The number of hydrogen-bond donors (Lipinski definition) is 3. The first-order valence-electron chi connectivity index (χ1n) is 9.26. The third-order valence-corrected chi connectivity index (χ3v) is 4.63. The molecule has 1 fully saturated rings. The second-order valence-electron chi connectivity index (χ2n) is 6.65. The zero-order valence-electron chi connectivity index (χ0n) is 15.6. The zero-order chi connectivity index (χ0) is 19.1. The summed E-state index contributed by atoms with van der Waals surface area (Å²) >= 11 is 0. The molecule has 2 aromatic carbocycles. The molecule has 1 heterocycles. The first kappa shape index (κ1) is 18.8. The van der Waals surface area contributed by atoms with Gasteiger partial charge in [-0.1, -0.05) is 30.3 Å². The van der Waals surface area contributed by atoms with E-state index in [9.17, 15) is 9.90 Å². The summed E-state index contributed by atoms with van der Waals surface area (Å²) in [4.78, 5) is 18.4. The highest BCUT2D eigenvalue weighted by molar-refractivity contribution is 5.97. The molecule has 6 heteroatoms. The Labute approximate surface area is 159 Å². The molecule has 1 amide bonds. The van der Waals surface area contributed by atoms with E-state index in [4.69, 9.17) is 0 Å². The van der Waals surface area contributed by atoms with E-state index >= 15 is 0 Å². The molecule has 3 rings (SSSR count). The van der Waals surface area contributed by atoms with Gasteiger partial charge in [0.1, 0.15) is 5.75 Å². The van der Waals surface area contributed by atoms with Crippen molar-refractivity contribution in [1.82, 2.24) is 10.6 Å². The van der Waals surface area contributed by atoms with Gasteiger partial charge < -0.3 is 20.6 Å². The van der Waals surface area contributed by atoms with Crippen molar-refractivity contribution in [1.29, 1.82) is 0 Å². The molecule has 0 radical (unpaired) electrons. The van der Waals surface area contributed by atoms with E-state index in [0.29, 0.717) is 18.9 Å². The SMILES string of the molecule is CN=C(NCCCc1ccc(O)cc1)NC1CC(=O)N(c2ccccc2)C1. The van der Waals surface area contributed by atoms with Crippen molar-refractivity contribution in [2.75, 3.05) is 25.0 Å². The van der Waals surface area contributed by atoms with Crippen LogP contribution in [0.2, 0.25) is 0 Å². The van der Waals surface area contributed by atoms with E-state index in [2.05, 4.69) is 15.6 Å². The van der Waals surface area contributed by atoms with Gasteiger partial charge in [-0.3, -0.25) is 9.79 Å². The highest BCUT2D eigenvalue weighted by Gasteiger charge is 2.30. The lowest BCUT2D eigenvalue weighted by molar-refractivity contribution is -0.117. The molecule has 0 aliphatic carbocycles. The number of aliphatic imine (C=N–C) groups is 1. The van der Waals surface area contributed by atoms with Crippen LogP contribution < -0.4 is 15.5 Å². The number of aryl methyl sites for hydroxylation is 1. The maximum Gasteiger partial charge on any atom is 0.229 e. The summed E-state index contributed by atoms with van der Waals surface area (Å²) in [5, 5.41) is 16.0. The summed E-state index contributed by atoms with van der Waals surface area (Å²) in [5.74, 6) is 1.13. The van der Waals surface area contributed by atoms with Gasteiger partial charge in [-0.2, -0.15) is 0 Å². The lowest BCUT2D eigenvalue weighted by Crippen LogP contribution is -2.44. The molecular formula is C21H26N4O2. The number of hydrogen-bond acceptors (Lipinski definition) is 3. The Morgan fingerprint density at radius 3 is 2.63 bits per heavy atom. The highest BCUT2D eigenvalue weighted by atomic mass is 16.3. The quantitative estimate of drug-likeness (QED) is 0.416. The Kier molecular flexibility index (Phi) is 6.30. The minimum atomic E-state index is 0.0426. The normalized spacial score (nSPS) is 17.2. The first-order chi connectivity index (χ1) is 13.2. The smallest absolute Gasteiger partial charge is 0.229 e. The molecule has 2 aromatic rings. The van der Waals surface area contributed by atoms with Crippen molar-refractivity contribution in [3.8, 4) is 5.75 Å². The third kappa shape index (κ3) is 5.23. The number of amides is 1. The maximum absolute atomic E-state index is 12.3. The van der Waals surface area contributed by atoms with Gasteiger partial charge in [-0.25, -0.2) is 0 Å². The monoisotopic (exact) mass is 366 g/mol. The predicted octanol–water partition coefficient (Wildman–Crippen LogP) is 2.30. The fourth-order valence-corrected chi connectivity index (χ4v) is 3.21. The zero-order valence-corrected chi connectivity index (χ0v) is 15.6. The molecule has 1 aliphatic rings. The van der Waals surface area contributed by atoms with E-state index in [1.807, 2.05) is 47.4 Å². The number of nitrogens with one attached hydrogen (secondary N) is 2. The highest BCUT2D eigenvalue weighted by Crippen LogP contribution is 2.20. The molecule has 1 unspecified atom stereocenters. The fraction of sp³-hybridized carbons (Fsp3) is 0.333. The summed E-state index contributed by atoms with van der Waals surface area (Å²) in [5.41, 5.74) is 2.13.